The molecule has 0 aromatic heterocycles. The lowest BCUT2D eigenvalue weighted by atomic mass is 10.0. The lowest BCUT2D eigenvalue weighted by molar-refractivity contribution is 0.388. The van der Waals surface area contributed by atoms with Gasteiger partial charge in [0.15, 0.2) is 0 Å². The molecule has 0 radical (unpaired) electrons. The van der Waals surface area contributed by atoms with E-state index >= 15 is 0 Å². The number of rotatable bonds is 4. The van der Waals surface area contributed by atoms with Gasteiger partial charge in [0.05, 0.1) is 14.2 Å². The molecule has 1 aliphatic heterocycles. The number of ether oxygens (including phenoxy) is 2. The van der Waals surface area contributed by atoms with Gasteiger partial charge in [-0.15, -0.1) is 0 Å². The summed E-state index contributed by atoms with van der Waals surface area (Å²) in [6, 6.07) is 4.50. The Kier molecular flexibility index (Phi) is 4.29. The van der Waals surface area contributed by atoms with Crippen LogP contribution in [0.2, 0.25) is 0 Å². The number of benzene rings is 1. The average molecular weight is 300 g/mol. The van der Waals surface area contributed by atoms with Gasteiger partial charge in [-0.05, 0) is 31.9 Å². The van der Waals surface area contributed by atoms with Crippen molar-refractivity contribution in [2.45, 2.75) is 25.3 Å². The van der Waals surface area contributed by atoms with E-state index in [0.717, 1.165) is 28.9 Å². The highest BCUT2D eigenvalue weighted by molar-refractivity contribution is 9.10. The number of hydrogen-bond acceptors (Lipinski definition) is 3. The lowest BCUT2D eigenvalue weighted by Crippen LogP contribution is -2.24. The Balaban J connectivity index is 2.24. The molecule has 0 bridgehead atoms. The molecule has 0 spiro atoms. The molecular weight excluding hydrogens is 282 g/mol. The van der Waals surface area contributed by atoms with Gasteiger partial charge in [-0.25, -0.2) is 0 Å². The van der Waals surface area contributed by atoms with Crippen LogP contribution in [0.15, 0.2) is 16.6 Å². The zero-order valence-corrected chi connectivity index (χ0v) is 11.8. The molecule has 1 N–H and O–H groups in total. The van der Waals surface area contributed by atoms with Crippen molar-refractivity contribution in [3.63, 3.8) is 0 Å². The molecule has 4 heteroatoms. The normalized spacial score (nSPS) is 19.4. The molecule has 3 nitrogen and oxygen atoms in total. The summed E-state index contributed by atoms with van der Waals surface area (Å²) in [5, 5.41) is 3.50. The molecule has 1 aliphatic rings. The third-order valence-electron chi connectivity index (χ3n) is 3.20. The number of nitrogens with one attached hydrogen (secondary N) is 1. The maximum absolute atomic E-state index is 5.44. The van der Waals surface area contributed by atoms with Crippen LogP contribution in [0, 0.1) is 0 Å². The predicted octanol–water partition coefficient (Wildman–Crippen LogP) is 2.76. The number of hydrogen-bond donors (Lipinski definition) is 1. The fraction of sp³-hybridized carbons (Fsp3) is 0.538. The molecule has 94 valence electrons. The molecule has 1 heterocycles. The summed E-state index contributed by atoms with van der Waals surface area (Å²) < 4.78 is 11.7. The van der Waals surface area contributed by atoms with Gasteiger partial charge in [0.2, 0.25) is 0 Å². The molecule has 1 fully saturated rings. The Labute approximate surface area is 111 Å². The second-order valence-electron chi connectivity index (χ2n) is 4.29. The third-order valence-corrected chi connectivity index (χ3v) is 3.90. The molecule has 2 rings (SSSR count). The Hall–Kier alpha value is -0.740. The van der Waals surface area contributed by atoms with E-state index in [0.29, 0.717) is 6.04 Å². The van der Waals surface area contributed by atoms with Crippen LogP contribution < -0.4 is 14.8 Å². The summed E-state index contributed by atoms with van der Waals surface area (Å²) in [6.07, 6.45) is 3.50. The zero-order valence-electron chi connectivity index (χ0n) is 10.3. The Morgan fingerprint density at radius 3 is 2.76 bits per heavy atom. The lowest BCUT2D eigenvalue weighted by Gasteiger charge is -2.16. The minimum absolute atomic E-state index is 0.564. The summed E-state index contributed by atoms with van der Waals surface area (Å²) in [4.78, 5) is 0. The standard InChI is InChI=1S/C13H18BrNO2/c1-16-10-7-12(14)11(13(8-10)17-2)6-9-4-3-5-15-9/h7-9,15H,3-6H2,1-2H3. The molecular formula is C13H18BrNO2. The second-order valence-corrected chi connectivity index (χ2v) is 5.14. The molecule has 1 atom stereocenters. The highest BCUT2D eigenvalue weighted by Gasteiger charge is 2.19. The first kappa shape index (κ1) is 12.7. The van der Waals surface area contributed by atoms with Crippen molar-refractivity contribution in [3.05, 3.63) is 22.2 Å². The van der Waals surface area contributed by atoms with Gasteiger partial charge in [-0.2, -0.15) is 0 Å². The van der Waals surface area contributed by atoms with Crippen molar-refractivity contribution in [2.75, 3.05) is 20.8 Å². The minimum atomic E-state index is 0.564. The maximum atomic E-state index is 5.44. The highest BCUT2D eigenvalue weighted by atomic mass is 79.9. The predicted molar refractivity (Wildman–Crippen MR) is 72.0 cm³/mol. The first-order valence-corrected chi connectivity index (χ1v) is 6.67. The number of halogens is 1. The van der Waals surface area contributed by atoms with Crippen LogP contribution in [0.25, 0.3) is 0 Å². The van der Waals surface area contributed by atoms with Crippen molar-refractivity contribution in [2.24, 2.45) is 0 Å². The minimum Gasteiger partial charge on any atom is -0.497 e. The molecule has 1 aromatic carbocycles. The second kappa shape index (κ2) is 5.74. The SMILES string of the molecule is COc1cc(Br)c(CC2CCCN2)c(OC)c1. The van der Waals surface area contributed by atoms with Gasteiger partial charge >= 0.3 is 0 Å². The largest absolute Gasteiger partial charge is 0.497 e. The molecule has 17 heavy (non-hydrogen) atoms. The fourth-order valence-electron chi connectivity index (χ4n) is 2.26. The van der Waals surface area contributed by atoms with Gasteiger partial charge in [0.25, 0.3) is 0 Å². The summed E-state index contributed by atoms with van der Waals surface area (Å²) in [6.45, 7) is 1.13. The molecule has 1 aromatic rings. The maximum Gasteiger partial charge on any atom is 0.126 e. The molecule has 0 amide bonds. The Morgan fingerprint density at radius 2 is 2.18 bits per heavy atom. The van der Waals surface area contributed by atoms with Gasteiger partial charge in [0.1, 0.15) is 11.5 Å². The van der Waals surface area contributed by atoms with Crippen molar-refractivity contribution in [1.29, 1.82) is 0 Å². The van der Waals surface area contributed by atoms with Crippen molar-refractivity contribution in [1.82, 2.24) is 5.32 Å². The summed E-state index contributed by atoms with van der Waals surface area (Å²) >= 11 is 3.60. The van der Waals surface area contributed by atoms with Gasteiger partial charge in [0, 0.05) is 22.1 Å². The first-order valence-electron chi connectivity index (χ1n) is 5.88. The fourth-order valence-corrected chi connectivity index (χ4v) is 2.85. The molecule has 1 unspecified atom stereocenters. The summed E-state index contributed by atoms with van der Waals surface area (Å²) in [7, 11) is 3.37. The van der Waals surface area contributed by atoms with Gasteiger partial charge in [-0.1, -0.05) is 15.9 Å². The van der Waals surface area contributed by atoms with Crippen LogP contribution >= 0.6 is 15.9 Å². The van der Waals surface area contributed by atoms with E-state index in [1.165, 1.54) is 18.4 Å². The first-order chi connectivity index (χ1) is 8.24. The Bertz CT molecular complexity index is 389. The van der Waals surface area contributed by atoms with Crippen LogP contribution in [0.3, 0.4) is 0 Å². The van der Waals surface area contributed by atoms with Crippen molar-refractivity contribution < 1.29 is 9.47 Å². The average Bonchev–Trinajstić information content (AvgIpc) is 2.84. The molecule has 1 saturated heterocycles. The van der Waals surface area contributed by atoms with E-state index in [1.807, 2.05) is 12.1 Å². The van der Waals surface area contributed by atoms with E-state index in [2.05, 4.69) is 21.2 Å². The van der Waals surface area contributed by atoms with Crippen molar-refractivity contribution in [3.8, 4) is 11.5 Å². The third kappa shape index (κ3) is 2.93. The van der Waals surface area contributed by atoms with Crippen LogP contribution in [-0.2, 0) is 6.42 Å². The van der Waals surface area contributed by atoms with E-state index < -0.39 is 0 Å². The highest BCUT2D eigenvalue weighted by Crippen LogP contribution is 2.34. The van der Waals surface area contributed by atoms with Crippen LogP contribution in [0.5, 0.6) is 11.5 Å². The topological polar surface area (TPSA) is 30.5 Å². The van der Waals surface area contributed by atoms with E-state index in [-0.39, 0.29) is 0 Å². The van der Waals surface area contributed by atoms with E-state index in [1.54, 1.807) is 14.2 Å². The van der Waals surface area contributed by atoms with Gasteiger partial charge < -0.3 is 14.8 Å². The molecule has 0 aliphatic carbocycles. The zero-order chi connectivity index (χ0) is 12.3. The quantitative estimate of drug-likeness (QED) is 0.927. The Morgan fingerprint density at radius 1 is 1.35 bits per heavy atom. The summed E-state index contributed by atoms with van der Waals surface area (Å²) in [5.74, 6) is 1.71. The smallest absolute Gasteiger partial charge is 0.126 e. The van der Waals surface area contributed by atoms with Crippen LogP contribution in [0.1, 0.15) is 18.4 Å². The van der Waals surface area contributed by atoms with E-state index in [4.69, 9.17) is 9.47 Å². The summed E-state index contributed by atoms with van der Waals surface area (Å²) in [5.41, 5.74) is 1.22. The van der Waals surface area contributed by atoms with E-state index in [9.17, 15) is 0 Å². The monoisotopic (exact) mass is 299 g/mol. The molecule has 0 saturated carbocycles. The van der Waals surface area contributed by atoms with Crippen LogP contribution in [0.4, 0.5) is 0 Å². The van der Waals surface area contributed by atoms with Gasteiger partial charge in [-0.3, -0.25) is 0 Å². The van der Waals surface area contributed by atoms with Crippen LogP contribution in [-0.4, -0.2) is 26.8 Å². The number of methoxy groups -OCH3 is 2. The van der Waals surface area contributed by atoms with Crippen molar-refractivity contribution >= 4 is 15.9 Å².